The molecule has 1 aromatic heterocycles. The predicted octanol–water partition coefficient (Wildman–Crippen LogP) is 3.38. The molecule has 0 bridgehead atoms. The van der Waals surface area contributed by atoms with Gasteiger partial charge in [0, 0.05) is 28.2 Å². The van der Waals surface area contributed by atoms with Crippen LogP contribution in [0.3, 0.4) is 0 Å². The lowest BCUT2D eigenvalue weighted by Crippen LogP contribution is -2.28. The number of halogens is 2. The molecule has 0 fully saturated rings. The molecular weight excluding hydrogens is 271 g/mol. The van der Waals surface area contributed by atoms with Gasteiger partial charge in [0.1, 0.15) is 5.76 Å². The summed E-state index contributed by atoms with van der Waals surface area (Å²) in [4.78, 5) is 0. The van der Waals surface area contributed by atoms with E-state index >= 15 is 0 Å². The smallest absolute Gasteiger partial charge is 0.117 e. The first-order valence-electron chi connectivity index (χ1n) is 5.62. The average Bonchev–Trinajstić information content (AvgIpc) is 2.86. The summed E-state index contributed by atoms with van der Waals surface area (Å²) in [6.45, 7) is 0.987. The molecule has 18 heavy (non-hydrogen) atoms. The second-order valence-electron chi connectivity index (χ2n) is 3.88. The van der Waals surface area contributed by atoms with E-state index in [9.17, 15) is 0 Å². The molecule has 96 valence electrons. The van der Waals surface area contributed by atoms with Gasteiger partial charge in [-0.2, -0.15) is 0 Å². The van der Waals surface area contributed by atoms with Crippen LogP contribution in [0.4, 0.5) is 0 Å². The Morgan fingerprint density at radius 1 is 1.17 bits per heavy atom. The van der Waals surface area contributed by atoms with Gasteiger partial charge in [-0.25, -0.2) is 0 Å². The van der Waals surface area contributed by atoms with E-state index in [1.54, 1.807) is 18.4 Å². The highest BCUT2D eigenvalue weighted by Gasteiger charge is 2.16. The molecule has 2 rings (SSSR count). The molecule has 3 nitrogen and oxygen atoms in total. The molecule has 1 heterocycles. The lowest BCUT2D eigenvalue weighted by atomic mass is 10.1. The van der Waals surface area contributed by atoms with E-state index in [-0.39, 0.29) is 6.04 Å². The minimum absolute atomic E-state index is 0.101. The number of hydrogen-bond acceptors (Lipinski definition) is 3. The molecule has 2 aromatic rings. The third-order valence-corrected chi connectivity index (χ3v) is 3.35. The van der Waals surface area contributed by atoms with Gasteiger partial charge < -0.3 is 15.5 Å². The Morgan fingerprint density at radius 3 is 2.44 bits per heavy atom. The average molecular weight is 285 g/mol. The molecule has 0 amide bonds. The maximum atomic E-state index is 6.16. The largest absolute Gasteiger partial charge is 0.468 e. The van der Waals surface area contributed by atoms with Crippen molar-refractivity contribution >= 4 is 23.2 Å². The summed E-state index contributed by atoms with van der Waals surface area (Å²) >= 11 is 12.3. The molecule has 0 radical (unpaired) electrons. The number of nitrogens with one attached hydrogen (secondary N) is 1. The maximum absolute atomic E-state index is 6.16. The second-order valence-corrected chi connectivity index (χ2v) is 4.70. The van der Waals surface area contributed by atoms with Crippen molar-refractivity contribution in [1.29, 1.82) is 0 Å². The first-order chi connectivity index (χ1) is 8.72. The standard InChI is InChI=1S/C13H14Cl2N2O/c14-10-4-1-5-11(15)13(10)12(7-16)17-8-9-3-2-6-18-9/h1-6,12,17H,7-8,16H2. The molecule has 1 atom stereocenters. The number of hydrogen-bond donors (Lipinski definition) is 2. The number of rotatable bonds is 5. The van der Waals surface area contributed by atoms with Crippen LogP contribution in [0.5, 0.6) is 0 Å². The highest BCUT2D eigenvalue weighted by molar-refractivity contribution is 6.36. The molecule has 1 aromatic carbocycles. The van der Waals surface area contributed by atoms with Gasteiger partial charge in [-0.15, -0.1) is 0 Å². The maximum Gasteiger partial charge on any atom is 0.117 e. The van der Waals surface area contributed by atoms with E-state index in [0.717, 1.165) is 11.3 Å². The third-order valence-electron chi connectivity index (χ3n) is 2.69. The van der Waals surface area contributed by atoms with Crippen molar-refractivity contribution in [2.24, 2.45) is 5.73 Å². The number of nitrogens with two attached hydrogens (primary N) is 1. The SMILES string of the molecule is NCC(NCc1ccco1)c1c(Cl)cccc1Cl. The van der Waals surface area contributed by atoms with Gasteiger partial charge in [0.05, 0.1) is 12.8 Å². The normalized spacial score (nSPS) is 12.6. The Morgan fingerprint density at radius 2 is 1.89 bits per heavy atom. The van der Waals surface area contributed by atoms with Crippen molar-refractivity contribution in [2.75, 3.05) is 6.54 Å². The zero-order chi connectivity index (χ0) is 13.0. The second kappa shape index (κ2) is 6.25. The molecule has 5 heteroatoms. The fourth-order valence-electron chi connectivity index (χ4n) is 1.78. The van der Waals surface area contributed by atoms with Gasteiger partial charge in [0.15, 0.2) is 0 Å². The summed E-state index contributed by atoms with van der Waals surface area (Å²) in [6, 6.07) is 9.07. The van der Waals surface area contributed by atoms with E-state index in [4.69, 9.17) is 33.4 Å². The zero-order valence-electron chi connectivity index (χ0n) is 9.70. The molecule has 0 spiro atoms. The van der Waals surface area contributed by atoms with Crippen molar-refractivity contribution in [3.63, 3.8) is 0 Å². The first-order valence-corrected chi connectivity index (χ1v) is 6.37. The van der Waals surface area contributed by atoms with Crippen LogP contribution in [0.25, 0.3) is 0 Å². The van der Waals surface area contributed by atoms with Gasteiger partial charge in [-0.1, -0.05) is 29.3 Å². The molecule has 3 N–H and O–H groups in total. The fourth-order valence-corrected chi connectivity index (χ4v) is 2.44. The van der Waals surface area contributed by atoms with Crippen LogP contribution in [0.2, 0.25) is 10.0 Å². The third kappa shape index (κ3) is 3.06. The highest BCUT2D eigenvalue weighted by atomic mass is 35.5. The van der Waals surface area contributed by atoms with E-state index in [2.05, 4.69) is 5.32 Å². The molecule has 0 saturated carbocycles. The quantitative estimate of drug-likeness (QED) is 0.885. The van der Waals surface area contributed by atoms with Crippen LogP contribution >= 0.6 is 23.2 Å². The van der Waals surface area contributed by atoms with Crippen molar-refractivity contribution < 1.29 is 4.42 Å². The van der Waals surface area contributed by atoms with Crippen molar-refractivity contribution in [2.45, 2.75) is 12.6 Å². The van der Waals surface area contributed by atoms with E-state index < -0.39 is 0 Å². The Bertz CT molecular complexity index is 479. The highest BCUT2D eigenvalue weighted by Crippen LogP contribution is 2.29. The molecular formula is C13H14Cl2N2O. The Balaban J connectivity index is 2.13. The van der Waals surface area contributed by atoms with Crippen molar-refractivity contribution in [3.8, 4) is 0 Å². The van der Waals surface area contributed by atoms with Crippen LogP contribution in [-0.4, -0.2) is 6.54 Å². The molecule has 0 saturated heterocycles. The molecule has 0 aliphatic carbocycles. The van der Waals surface area contributed by atoms with Gasteiger partial charge in [-0.05, 0) is 24.3 Å². The van der Waals surface area contributed by atoms with Gasteiger partial charge >= 0.3 is 0 Å². The van der Waals surface area contributed by atoms with E-state index in [0.29, 0.717) is 23.1 Å². The Kier molecular flexibility index (Phi) is 4.66. The van der Waals surface area contributed by atoms with E-state index in [1.165, 1.54) is 0 Å². The minimum atomic E-state index is -0.101. The van der Waals surface area contributed by atoms with Crippen molar-refractivity contribution in [3.05, 3.63) is 58.0 Å². The summed E-state index contributed by atoms with van der Waals surface area (Å²) in [5.74, 6) is 0.844. The van der Waals surface area contributed by atoms with Crippen LogP contribution in [0.1, 0.15) is 17.4 Å². The monoisotopic (exact) mass is 284 g/mol. The Hall–Kier alpha value is -1.00. The molecule has 0 aliphatic heterocycles. The fraction of sp³-hybridized carbons (Fsp3) is 0.231. The topological polar surface area (TPSA) is 51.2 Å². The van der Waals surface area contributed by atoms with Crippen LogP contribution in [-0.2, 0) is 6.54 Å². The van der Waals surface area contributed by atoms with Gasteiger partial charge in [-0.3, -0.25) is 0 Å². The van der Waals surface area contributed by atoms with E-state index in [1.807, 2.05) is 18.2 Å². The first kappa shape index (κ1) is 13.4. The van der Waals surface area contributed by atoms with Gasteiger partial charge in [0.25, 0.3) is 0 Å². The van der Waals surface area contributed by atoms with Crippen LogP contribution < -0.4 is 11.1 Å². The van der Waals surface area contributed by atoms with Crippen LogP contribution in [0.15, 0.2) is 41.0 Å². The van der Waals surface area contributed by atoms with Crippen LogP contribution in [0, 0.1) is 0 Å². The van der Waals surface area contributed by atoms with Crippen molar-refractivity contribution in [1.82, 2.24) is 5.32 Å². The lowest BCUT2D eigenvalue weighted by molar-refractivity contribution is 0.452. The van der Waals surface area contributed by atoms with Gasteiger partial charge in [0.2, 0.25) is 0 Å². The summed E-state index contributed by atoms with van der Waals surface area (Å²) in [7, 11) is 0. The molecule has 1 unspecified atom stereocenters. The summed E-state index contributed by atoms with van der Waals surface area (Å²) < 4.78 is 5.26. The summed E-state index contributed by atoms with van der Waals surface area (Å²) in [5, 5.41) is 4.51. The summed E-state index contributed by atoms with van der Waals surface area (Å²) in [6.07, 6.45) is 1.64. The lowest BCUT2D eigenvalue weighted by Gasteiger charge is -2.19. The summed E-state index contributed by atoms with van der Waals surface area (Å²) in [5.41, 5.74) is 6.60. The number of benzene rings is 1. The zero-order valence-corrected chi connectivity index (χ0v) is 11.2. The molecule has 0 aliphatic rings. The Labute approximate surface area is 116 Å². The number of furan rings is 1. The predicted molar refractivity (Wildman–Crippen MR) is 73.8 cm³/mol. The minimum Gasteiger partial charge on any atom is -0.468 e.